The lowest BCUT2D eigenvalue weighted by Crippen LogP contribution is -2.12. The Hall–Kier alpha value is -1.16. The highest BCUT2D eigenvalue weighted by Crippen LogP contribution is 2.19. The van der Waals surface area contributed by atoms with Crippen LogP contribution in [0.4, 0.5) is 5.69 Å². The van der Waals surface area contributed by atoms with E-state index in [1.54, 1.807) is 18.2 Å². The van der Waals surface area contributed by atoms with Crippen LogP contribution in [-0.2, 0) is 4.79 Å². The Morgan fingerprint density at radius 3 is 2.88 bits per heavy atom. The van der Waals surface area contributed by atoms with Crippen LogP contribution in [0.25, 0.3) is 0 Å². The minimum Gasteiger partial charge on any atom is -0.325 e. The van der Waals surface area contributed by atoms with Crippen molar-refractivity contribution < 1.29 is 9.59 Å². The Bertz CT molecular complexity index is 391. The monoisotopic (exact) mass is 283 g/mol. The van der Waals surface area contributed by atoms with Crippen molar-refractivity contribution in [3.05, 3.63) is 28.2 Å². The van der Waals surface area contributed by atoms with Crippen LogP contribution in [0.2, 0.25) is 0 Å². The summed E-state index contributed by atoms with van der Waals surface area (Å²) in [4.78, 5) is 22.3. The molecule has 0 saturated carbocycles. The van der Waals surface area contributed by atoms with Gasteiger partial charge >= 0.3 is 0 Å². The smallest absolute Gasteiger partial charge is 0.224 e. The van der Waals surface area contributed by atoms with E-state index in [1.165, 1.54) is 0 Å². The van der Waals surface area contributed by atoms with Gasteiger partial charge in [0, 0.05) is 16.5 Å². The van der Waals surface area contributed by atoms with Gasteiger partial charge in [-0.3, -0.25) is 9.59 Å². The fourth-order valence-corrected chi connectivity index (χ4v) is 1.67. The number of carbonyl (C=O) groups excluding carboxylic acids is 2. The van der Waals surface area contributed by atoms with Crippen LogP contribution in [0.1, 0.15) is 36.5 Å². The fourth-order valence-electron chi connectivity index (χ4n) is 1.29. The van der Waals surface area contributed by atoms with Crippen LogP contribution < -0.4 is 5.32 Å². The topological polar surface area (TPSA) is 46.2 Å². The highest BCUT2D eigenvalue weighted by molar-refractivity contribution is 9.10. The van der Waals surface area contributed by atoms with Gasteiger partial charge in [0.05, 0.1) is 5.69 Å². The van der Waals surface area contributed by atoms with Crippen LogP contribution in [-0.4, -0.2) is 12.2 Å². The summed E-state index contributed by atoms with van der Waals surface area (Å²) in [6, 6.07) is 5.20. The van der Waals surface area contributed by atoms with Crippen molar-refractivity contribution in [2.45, 2.75) is 26.2 Å². The van der Waals surface area contributed by atoms with Gasteiger partial charge in [0.1, 0.15) is 0 Å². The van der Waals surface area contributed by atoms with E-state index in [2.05, 4.69) is 21.2 Å². The average Bonchev–Trinajstić information content (AvgIpc) is 2.28. The molecule has 0 unspecified atom stereocenters. The minimum atomic E-state index is -0.0488. The van der Waals surface area contributed by atoms with Crippen LogP contribution in [0.15, 0.2) is 22.7 Å². The predicted octanol–water partition coefficient (Wildman–Crippen LogP) is 3.39. The molecule has 0 fully saturated rings. The summed E-state index contributed by atoms with van der Waals surface area (Å²) in [5, 5.41) is 2.73. The zero-order valence-electron chi connectivity index (χ0n) is 9.13. The average molecular weight is 284 g/mol. The predicted molar refractivity (Wildman–Crippen MR) is 67.7 cm³/mol. The Morgan fingerprint density at radius 2 is 2.25 bits per heavy atom. The van der Waals surface area contributed by atoms with Crippen molar-refractivity contribution in [1.82, 2.24) is 0 Å². The Morgan fingerprint density at radius 1 is 1.50 bits per heavy atom. The zero-order valence-corrected chi connectivity index (χ0v) is 10.7. The molecule has 0 heterocycles. The lowest BCUT2D eigenvalue weighted by molar-refractivity contribution is -0.116. The first-order chi connectivity index (χ1) is 7.67. The van der Waals surface area contributed by atoms with Crippen LogP contribution in [0, 0.1) is 0 Å². The second-order valence-electron chi connectivity index (χ2n) is 3.50. The maximum atomic E-state index is 11.5. The molecule has 0 radical (unpaired) electrons. The third-order valence-electron chi connectivity index (χ3n) is 2.17. The van der Waals surface area contributed by atoms with E-state index < -0.39 is 0 Å². The molecule has 0 aliphatic rings. The Kier molecular flexibility index (Phi) is 5.19. The van der Waals surface area contributed by atoms with Crippen LogP contribution in [0.5, 0.6) is 0 Å². The molecule has 0 bridgehead atoms. The lowest BCUT2D eigenvalue weighted by Gasteiger charge is -2.07. The minimum absolute atomic E-state index is 0.0488. The van der Waals surface area contributed by atoms with E-state index in [-0.39, 0.29) is 5.91 Å². The van der Waals surface area contributed by atoms with Crippen molar-refractivity contribution in [2.24, 2.45) is 0 Å². The molecule has 1 aromatic rings. The number of carbonyl (C=O) groups is 2. The molecule has 0 aliphatic heterocycles. The van der Waals surface area contributed by atoms with Crippen molar-refractivity contribution in [3.8, 4) is 0 Å². The molecule has 4 heteroatoms. The standard InChI is InChI=1S/C12H14BrNO2/c1-2-3-4-12(16)14-11-6-5-10(13)7-9(11)8-15/h5-8H,2-4H2,1H3,(H,14,16). The van der Waals surface area contributed by atoms with Crippen molar-refractivity contribution in [3.63, 3.8) is 0 Å². The molecule has 0 atom stereocenters. The lowest BCUT2D eigenvalue weighted by atomic mass is 10.2. The fraction of sp³-hybridized carbons (Fsp3) is 0.333. The summed E-state index contributed by atoms with van der Waals surface area (Å²) in [7, 11) is 0. The highest BCUT2D eigenvalue weighted by Gasteiger charge is 2.06. The Balaban J connectivity index is 2.72. The van der Waals surface area contributed by atoms with Crippen molar-refractivity contribution in [2.75, 3.05) is 5.32 Å². The van der Waals surface area contributed by atoms with Gasteiger partial charge in [0.15, 0.2) is 6.29 Å². The van der Waals surface area contributed by atoms with E-state index in [0.717, 1.165) is 23.6 Å². The summed E-state index contributed by atoms with van der Waals surface area (Å²) in [6.45, 7) is 2.03. The van der Waals surface area contributed by atoms with E-state index in [0.29, 0.717) is 17.7 Å². The summed E-state index contributed by atoms with van der Waals surface area (Å²) in [6.07, 6.45) is 3.07. The van der Waals surface area contributed by atoms with Gasteiger partial charge in [-0.2, -0.15) is 0 Å². The number of unbranched alkanes of at least 4 members (excludes halogenated alkanes) is 1. The van der Waals surface area contributed by atoms with Gasteiger partial charge in [0.25, 0.3) is 0 Å². The summed E-state index contributed by atoms with van der Waals surface area (Å²) in [5.41, 5.74) is 1.05. The first kappa shape index (κ1) is 12.9. The molecule has 1 rings (SSSR count). The summed E-state index contributed by atoms with van der Waals surface area (Å²) in [5.74, 6) is -0.0488. The quantitative estimate of drug-likeness (QED) is 0.842. The van der Waals surface area contributed by atoms with Crippen LogP contribution in [0.3, 0.4) is 0 Å². The number of nitrogens with one attached hydrogen (secondary N) is 1. The molecule has 0 saturated heterocycles. The molecule has 0 aromatic heterocycles. The number of benzene rings is 1. The molecule has 1 N–H and O–H groups in total. The maximum absolute atomic E-state index is 11.5. The molecule has 16 heavy (non-hydrogen) atoms. The number of aldehydes is 1. The normalized spacial score (nSPS) is 9.88. The SMILES string of the molecule is CCCCC(=O)Nc1ccc(Br)cc1C=O. The van der Waals surface area contributed by atoms with Crippen molar-refractivity contribution >= 4 is 33.8 Å². The van der Waals surface area contributed by atoms with E-state index in [9.17, 15) is 9.59 Å². The number of rotatable bonds is 5. The molecule has 3 nitrogen and oxygen atoms in total. The second-order valence-corrected chi connectivity index (χ2v) is 4.42. The zero-order chi connectivity index (χ0) is 12.0. The second kappa shape index (κ2) is 6.43. The molecule has 1 aromatic carbocycles. The van der Waals surface area contributed by atoms with Crippen molar-refractivity contribution in [1.29, 1.82) is 0 Å². The van der Waals surface area contributed by atoms with Crippen LogP contribution >= 0.6 is 15.9 Å². The maximum Gasteiger partial charge on any atom is 0.224 e. The van der Waals surface area contributed by atoms with Gasteiger partial charge < -0.3 is 5.32 Å². The largest absolute Gasteiger partial charge is 0.325 e. The number of anilines is 1. The van der Waals surface area contributed by atoms with E-state index in [1.807, 2.05) is 6.92 Å². The molecule has 0 aliphatic carbocycles. The van der Waals surface area contributed by atoms with Gasteiger partial charge in [-0.25, -0.2) is 0 Å². The third-order valence-corrected chi connectivity index (χ3v) is 2.67. The first-order valence-electron chi connectivity index (χ1n) is 5.22. The Labute approximate surface area is 103 Å². The molecular formula is C12H14BrNO2. The van der Waals surface area contributed by atoms with Gasteiger partial charge in [-0.15, -0.1) is 0 Å². The number of hydrogen-bond donors (Lipinski definition) is 1. The van der Waals surface area contributed by atoms with E-state index in [4.69, 9.17) is 0 Å². The number of halogens is 1. The summed E-state index contributed by atoms with van der Waals surface area (Å²) < 4.78 is 0.821. The summed E-state index contributed by atoms with van der Waals surface area (Å²) >= 11 is 3.27. The first-order valence-corrected chi connectivity index (χ1v) is 6.01. The molecule has 86 valence electrons. The number of amides is 1. The number of hydrogen-bond acceptors (Lipinski definition) is 2. The highest BCUT2D eigenvalue weighted by atomic mass is 79.9. The van der Waals surface area contributed by atoms with Gasteiger partial charge in [-0.05, 0) is 24.6 Å². The third kappa shape index (κ3) is 3.77. The van der Waals surface area contributed by atoms with Gasteiger partial charge in [0.2, 0.25) is 5.91 Å². The molecule has 1 amide bonds. The molecular weight excluding hydrogens is 270 g/mol. The molecule has 0 spiro atoms. The van der Waals surface area contributed by atoms with E-state index >= 15 is 0 Å². The van der Waals surface area contributed by atoms with Gasteiger partial charge in [-0.1, -0.05) is 29.3 Å².